The van der Waals surface area contributed by atoms with Crippen LogP contribution >= 0.6 is 0 Å². The van der Waals surface area contributed by atoms with Crippen molar-refractivity contribution in [1.82, 2.24) is 0 Å². The van der Waals surface area contributed by atoms with E-state index in [1.165, 1.54) is 11.1 Å². The second-order valence-electron chi connectivity index (χ2n) is 5.34. The molecule has 1 aliphatic rings. The summed E-state index contributed by atoms with van der Waals surface area (Å²) >= 11 is 0. The predicted molar refractivity (Wildman–Crippen MR) is 82.0 cm³/mol. The number of nitro benzene ring substituents is 1. The van der Waals surface area contributed by atoms with Gasteiger partial charge in [0.25, 0.3) is 5.69 Å². The highest BCUT2D eigenvalue weighted by atomic mass is 16.6. The summed E-state index contributed by atoms with van der Waals surface area (Å²) in [5.41, 5.74) is 4.85. The van der Waals surface area contributed by atoms with Gasteiger partial charge < -0.3 is 5.32 Å². The minimum atomic E-state index is -0.336. The molecule has 0 bridgehead atoms. The summed E-state index contributed by atoms with van der Waals surface area (Å²) in [5, 5.41) is 14.2. The minimum Gasteiger partial charge on any atom is -0.381 e. The summed E-state index contributed by atoms with van der Waals surface area (Å²) < 4.78 is 0. The smallest absolute Gasteiger partial charge is 0.269 e. The van der Waals surface area contributed by atoms with Gasteiger partial charge in [-0.05, 0) is 44.7 Å². The third-order valence-electron chi connectivity index (χ3n) is 3.42. The average Bonchev–Trinajstić information content (AvgIpc) is 2.59. The van der Waals surface area contributed by atoms with Crippen LogP contribution in [0.2, 0.25) is 0 Å². The quantitative estimate of drug-likeness (QED) is 0.507. The number of allylic oxidation sites excluding steroid dienone is 3. The standard InChI is InChI=1S/C16H20N2O2/c1-12(2)4-3-5-13-8-9-17-16-7-6-15(18(19)20)11-14(16)10-13/h4,6-8,11,17H,3,5,9-10H2,1-2H3. The van der Waals surface area contributed by atoms with E-state index in [-0.39, 0.29) is 10.6 Å². The van der Waals surface area contributed by atoms with Gasteiger partial charge in [-0.15, -0.1) is 0 Å². The Bertz CT molecular complexity index is 570. The Hall–Kier alpha value is -2.10. The van der Waals surface area contributed by atoms with Gasteiger partial charge in [-0.1, -0.05) is 23.3 Å². The Labute approximate surface area is 119 Å². The zero-order valence-corrected chi connectivity index (χ0v) is 12.0. The molecule has 0 aromatic heterocycles. The van der Waals surface area contributed by atoms with Crippen LogP contribution in [0.3, 0.4) is 0 Å². The number of nitrogens with zero attached hydrogens (tertiary/aromatic N) is 1. The Morgan fingerprint density at radius 2 is 2.25 bits per heavy atom. The first-order chi connectivity index (χ1) is 9.56. The fourth-order valence-electron chi connectivity index (χ4n) is 2.37. The van der Waals surface area contributed by atoms with Gasteiger partial charge in [0.2, 0.25) is 0 Å². The number of fused-ring (bicyclic) bond motifs is 1. The van der Waals surface area contributed by atoms with Gasteiger partial charge in [0, 0.05) is 24.4 Å². The fraction of sp³-hybridized carbons (Fsp3) is 0.375. The van der Waals surface area contributed by atoms with E-state index >= 15 is 0 Å². The molecular formula is C16H20N2O2. The molecule has 0 amide bonds. The van der Waals surface area contributed by atoms with E-state index in [9.17, 15) is 10.1 Å². The molecule has 0 atom stereocenters. The second-order valence-corrected chi connectivity index (χ2v) is 5.34. The van der Waals surface area contributed by atoms with Crippen LogP contribution in [0.5, 0.6) is 0 Å². The van der Waals surface area contributed by atoms with Gasteiger partial charge in [-0.25, -0.2) is 0 Å². The molecule has 1 aromatic rings. The van der Waals surface area contributed by atoms with Gasteiger partial charge in [-0.3, -0.25) is 10.1 Å². The summed E-state index contributed by atoms with van der Waals surface area (Å²) in [6.45, 7) is 4.98. The molecule has 2 rings (SSSR count). The SMILES string of the molecule is CC(C)=CCCC1=CCNc2ccc([N+](=O)[O-])cc2C1. The van der Waals surface area contributed by atoms with Crippen molar-refractivity contribution in [2.75, 3.05) is 11.9 Å². The first-order valence-electron chi connectivity index (χ1n) is 6.88. The minimum absolute atomic E-state index is 0.163. The summed E-state index contributed by atoms with van der Waals surface area (Å²) in [5.74, 6) is 0. The fourth-order valence-corrected chi connectivity index (χ4v) is 2.37. The molecule has 0 saturated carbocycles. The van der Waals surface area contributed by atoms with Crippen LogP contribution in [-0.4, -0.2) is 11.5 Å². The van der Waals surface area contributed by atoms with E-state index in [2.05, 4.69) is 31.3 Å². The van der Waals surface area contributed by atoms with Gasteiger partial charge in [0.1, 0.15) is 0 Å². The first kappa shape index (κ1) is 14.3. The number of non-ortho nitro benzene ring substituents is 1. The molecule has 1 aromatic carbocycles. The maximum atomic E-state index is 10.9. The Balaban J connectivity index is 2.13. The van der Waals surface area contributed by atoms with E-state index in [0.717, 1.165) is 37.1 Å². The van der Waals surface area contributed by atoms with Gasteiger partial charge >= 0.3 is 0 Å². The molecule has 0 aliphatic carbocycles. The Morgan fingerprint density at radius 1 is 1.45 bits per heavy atom. The number of hydrogen-bond acceptors (Lipinski definition) is 3. The van der Waals surface area contributed by atoms with E-state index in [1.54, 1.807) is 18.2 Å². The molecule has 0 radical (unpaired) electrons. The number of benzene rings is 1. The average molecular weight is 272 g/mol. The maximum absolute atomic E-state index is 10.9. The van der Waals surface area contributed by atoms with Crippen LogP contribution in [0.15, 0.2) is 41.5 Å². The largest absolute Gasteiger partial charge is 0.381 e. The molecule has 0 fully saturated rings. The molecule has 1 heterocycles. The molecular weight excluding hydrogens is 252 g/mol. The van der Waals surface area contributed by atoms with Gasteiger partial charge in [0.05, 0.1) is 4.92 Å². The van der Waals surface area contributed by atoms with Crippen LogP contribution in [0.25, 0.3) is 0 Å². The molecule has 0 saturated heterocycles. The number of hydrogen-bond donors (Lipinski definition) is 1. The Kier molecular flexibility index (Phi) is 4.56. The van der Waals surface area contributed by atoms with E-state index < -0.39 is 0 Å². The number of nitro groups is 1. The lowest BCUT2D eigenvalue weighted by molar-refractivity contribution is -0.384. The topological polar surface area (TPSA) is 55.2 Å². The summed E-state index contributed by atoms with van der Waals surface area (Å²) in [7, 11) is 0. The monoisotopic (exact) mass is 272 g/mol. The van der Waals surface area contributed by atoms with Crippen molar-refractivity contribution in [3.63, 3.8) is 0 Å². The van der Waals surface area contributed by atoms with E-state index in [1.807, 2.05) is 0 Å². The van der Waals surface area contributed by atoms with Gasteiger partial charge in [-0.2, -0.15) is 0 Å². The maximum Gasteiger partial charge on any atom is 0.269 e. The number of nitrogens with one attached hydrogen (secondary N) is 1. The Morgan fingerprint density at radius 3 is 2.95 bits per heavy atom. The van der Waals surface area contributed by atoms with Gasteiger partial charge in [0.15, 0.2) is 0 Å². The van der Waals surface area contributed by atoms with E-state index in [0.29, 0.717) is 0 Å². The molecule has 1 N–H and O–H groups in total. The molecule has 4 nitrogen and oxygen atoms in total. The predicted octanol–water partition coefficient (Wildman–Crippen LogP) is 4.24. The summed E-state index contributed by atoms with van der Waals surface area (Å²) in [6, 6.07) is 5.04. The van der Waals surface area contributed by atoms with Crippen molar-refractivity contribution in [2.24, 2.45) is 0 Å². The second kappa shape index (κ2) is 6.37. The van der Waals surface area contributed by atoms with Crippen molar-refractivity contribution >= 4 is 11.4 Å². The van der Waals surface area contributed by atoms with Crippen molar-refractivity contribution in [3.8, 4) is 0 Å². The molecule has 0 spiro atoms. The third-order valence-corrected chi connectivity index (χ3v) is 3.42. The zero-order chi connectivity index (χ0) is 14.5. The lowest BCUT2D eigenvalue weighted by Crippen LogP contribution is -1.99. The number of rotatable bonds is 4. The van der Waals surface area contributed by atoms with E-state index in [4.69, 9.17) is 0 Å². The third kappa shape index (κ3) is 3.70. The summed E-state index contributed by atoms with van der Waals surface area (Å²) in [6.07, 6.45) is 7.26. The normalized spacial score (nSPS) is 13.6. The lowest BCUT2D eigenvalue weighted by atomic mass is 9.99. The zero-order valence-electron chi connectivity index (χ0n) is 12.0. The highest BCUT2D eigenvalue weighted by Crippen LogP contribution is 2.27. The molecule has 20 heavy (non-hydrogen) atoms. The van der Waals surface area contributed by atoms with Crippen LogP contribution < -0.4 is 5.32 Å². The van der Waals surface area contributed by atoms with Crippen molar-refractivity contribution < 1.29 is 4.92 Å². The van der Waals surface area contributed by atoms with Crippen molar-refractivity contribution in [3.05, 3.63) is 57.2 Å². The highest BCUT2D eigenvalue weighted by molar-refractivity contribution is 5.58. The highest BCUT2D eigenvalue weighted by Gasteiger charge is 2.13. The van der Waals surface area contributed by atoms with Crippen molar-refractivity contribution in [2.45, 2.75) is 33.1 Å². The van der Waals surface area contributed by atoms with Crippen LogP contribution in [-0.2, 0) is 6.42 Å². The summed E-state index contributed by atoms with van der Waals surface area (Å²) in [4.78, 5) is 10.5. The molecule has 106 valence electrons. The van der Waals surface area contributed by atoms with Crippen LogP contribution in [0, 0.1) is 10.1 Å². The molecule has 4 heteroatoms. The molecule has 0 unspecified atom stereocenters. The number of anilines is 1. The first-order valence-corrected chi connectivity index (χ1v) is 6.88. The molecule has 1 aliphatic heterocycles. The van der Waals surface area contributed by atoms with Crippen LogP contribution in [0.4, 0.5) is 11.4 Å². The lowest BCUT2D eigenvalue weighted by Gasteiger charge is -2.08. The van der Waals surface area contributed by atoms with Crippen molar-refractivity contribution in [1.29, 1.82) is 0 Å². The van der Waals surface area contributed by atoms with Crippen LogP contribution in [0.1, 0.15) is 32.3 Å².